The number of rotatable bonds is 4. The number of anilines is 2. The molecule has 33 heavy (non-hydrogen) atoms. The number of nitrogens with zero attached hydrogens (tertiary/aromatic N) is 2. The molecule has 0 radical (unpaired) electrons. The third-order valence-electron chi connectivity index (χ3n) is 4.39. The van der Waals surface area contributed by atoms with Crippen LogP contribution in [0, 0.1) is 5.82 Å². The second kappa shape index (κ2) is 8.91. The minimum absolute atomic E-state index is 0.0618. The quantitative estimate of drug-likeness (QED) is 0.315. The maximum atomic E-state index is 14.5. The summed E-state index contributed by atoms with van der Waals surface area (Å²) in [4.78, 5) is 20.4. The second-order valence-corrected chi connectivity index (χ2v) is 7.13. The highest BCUT2D eigenvalue weighted by Gasteiger charge is 2.33. The van der Waals surface area contributed by atoms with Gasteiger partial charge in [-0.15, -0.1) is 0 Å². The van der Waals surface area contributed by atoms with E-state index in [-0.39, 0.29) is 17.1 Å². The number of halogens is 5. The Bertz CT molecular complexity index is 1350. The van der Waals surface area contributed by atoms with Crippen molar-refractivity contribution in [1.29, 1.82) is 0 Å². The largest absolute Gasteiger partial charge is 0.454 e. The lowest BCUT2D eigenvalue weighted by atomic mass is 10.2. The number of hydrogen-bond donors (Lipinski definition) is 2. The molecule has 168 valence electrons. The molecular formula is C22H13ClF4N4O2. The SMILES string of the molecule is O=C(Nc1ccc(Oc2ccc3nccnc3c2)c(F)c1)Nc1ccc(Cl)c(C(F)(F)F)c1. The topological polar surface area (TPSA) is 76.1 Å². The summed E-state index contributed by atoms with van der Waals surface area (Å²) >= 11 is 5.56. The van der Waals surface area contributed by atoms with Gasteiger partial charge in [0.15, 0.2) is 11.6 Å². The van der Waals surface area contributed by atoms with Gasteiger partial charge < -0.3 is 15.4 Å². The van der Waals surface area contributed by atoms with E-state index in [0.29, 0.717) is 22.8 Å². The lowest BCUT2D eigenvalue weighted by Crippen LogP contribution is -2.20. The van der Waals surface area contributed by atoms with Gasteiger partial charge in [-0.2, -0.15) is 13.2 Å². The van der Waals surface area contributed by atoms with Crippen molar-refractivity contribution < 1.29 is 27.1 Å². The Kier molecular flexibility index (Phi) is 6.01. The zero-order valence-electron chi connectivity index (χ0n) is 16.5. The van der Waals surface area contributed by atoms with Crippen LogP contribution in [0.15, 0.2) is 67.0 Å². The number of carbonyl (C=O) groups excluding carboxylic acids is 1. The van der Waals surface area contributed by atoms with Crippen LogP contribution >= 0.6 is 11.6 Å². The minimum Gasteiger partial charge on any atom is -0.454 e. The number of ether oxygens (including phenoxy) is 1. The summed E-state index contributed by atoms with van der Waals surface area (Å²) in [6.45, 7) is 0. The van der Waals surface area contributed by atoms with Crippen molar-refractivity contribution in [2.24, 2.45) is 0 Å². The number of alkyl halides is 3. The number of amides is 2. The predicted octanol–water partition coefficient (Wildman–Crippen LogP) is 6.88. The molecule has 0 aliphatic carbocycles. The minimum atomic E-state index is -4.68. The van der Waals surface area contributed by atoms with E-state index in [1.54, 1.807) is 24.4 Å². The number of hydrogen-bond acceptors (Lipinski definition) is 4. The smallest absolute Gasteiger partial charge is 0.417 e. The molecule has 4 aromatic rings. The van der Waals surface area contributed by atoms with Gasteiger partial charge in [0.2, 0.25) is 0 Å². The van der Waals surface area contributed by atoms with E-state index in [2.05, 4.69) is 20.6 Å². The molecule has 11 heteroatoms. The van der Waals surface area contributed by atoms with E-state index >= 15 is 0 Å². The number of benzene rings is 3. The van der Waals surface area contributed by atoms with Crippen molar-refractivity contribution in [2.45, 2.75) is 6.18 Å². The van der Waals surface area contributed by atoms with Crippen molar-refractivity contribution in [3.63, 3.8) is 0 Å². The molecule has 6 nitrogen and oxygen atoms in total. The van der Waals surface area contributed by atoms with Crippen LogP contribution in [0.2, 0.25) is 5.02 Å². The van der Waals surface area contributed by atoms with E-state index in [1.807, 2.05) is 0 Å². The van der Waals surface area contributed by atoms with Gasteiger partial charge in [-0.1, -0.05) is 11.6 Å². The molecule has 0 saturated heterocycles. The number of nitrogens with one attached hydrogen (secondary N) is 2. The predicted molar refractivity (Wildman–Crippen MR) is 115 cm³/mol. The molecule has 0 bridgehead atoms. The van der Waals surface area contributed by atoms with Gasteiger partial charge in [0, 0.05) is 35.9 Å². The summed E-state index contributed by atoms with van der Waals surface area (Å²) in [6.07, 6.45) is -1.61. The van der Waals surface area contributed by atoms with Crippen LogP contribution in [0.3, 0.4) is 0 Å². The Hall–Kier alpha value is -3.92. The standard InChI is InChI=1S/C22H13ClF4N4O2/c23-16-4-1-12(9-15(16)22(25,26)27)30-21(32)31-13-2-6-20(17(24)10-13)33-14-3-5-18-19(11-14)29-8-7-28-18/h1-11H,(H2,30,31,32). The van der Waals surface area contributed by atoms with E-state index in [0.717, 1.165) is 12.1 Å². The molecule has 0 aliphatic heterocycles. The third-order valence-corrected chi connectivity index (χ3v) is 4.72. The molecular weight excluding hydrogens is 464 g/mol. The molecule has 1 heterocycles. The molecule has 0 aliphatic rings. The van der Waals surface area contributed by atoms with Crippen LogP contribution in [-0.4, -0.2) is 16.0 Å². The lowest BCUT2D eigenvalue weighted by molar-refractivity contribution is -0.137. The number of aromatic nitrogens is 2. The van der Waals surface area contributed by atoms with Gasteiger partial charge in [-0.05, 0) is 42.5 Å². The first kappa shape index (κ1) is 22.3. The highest BCUT2D eigenvalue weighted by Crippen LogP contribution is 2.36. The highest BCUT2D eigenvalue weighted by molar-refractivity contribution is 6.31. The number of carbonyl (C=O) groups is 1. The zero-order valence-corrected chi connectivity index (χ0v) is 17.2. The van der Waals surface area contributed by atoms with Gasteiger partial charge in [0.25, 0.3) is 0 Å². The Morgan fingerprint density at radius 1 is 0.879 bits per heavy atom. The number of urea groups is 1. The fourth-order valence-electron chi connectivity index (χ4n) is 2.91. The first-order chi connectivity index (χ1) is 15.7. The van der Waals surface area contributed by atoms with Crippen LogP contribution in [0.1, 0.15) is 5.56 Å². The summed E-state index contributed by atoms with van der Waals surface area (Å²) in [5.74, 6) is -0.529. The van der Waals surface area contributed by atoms with Gasteiger partial charge in [-0.25, -0.2) is 9.18 Å². The summed E-state index contributed by atoms with van der Waals surface area (Å²) in [5, 5.41) is 4.09. The van der Waals surface area contributed by atoms with E-state index < -0.39 is 28.6 Å². The Balaban J connectivity index is 1.44. The molecule has 0 atom stereocenters. The molecule has 2 amide bonds. The summed E-state index contributed by atoms with van der Waals surface area (Å²) in [7, 11) is 0. The summed E-state index contributed by atoms with van der Waals surface area (Å²) in [6, 6.07) is 10.6. The maximum absolute atomic E-state index is 14.5. The maximum Gasteiger partial charge on any atom is 0.417 e. The molecule has 0 fully saturated rings. The lowest BCUT2D eigenvalue weighted by Gasteiger charge is -2.13. The fourth-order valence-corrected chi connectivity index (χ4v) is 3.13. The van der Waals surface area contributed by atoms with Gasteiger partial charge in [0.05, 0.1) is 21.6 Å². The van der Waals surface area contributed by atoms with E-state index in [4.69, 9.17) is 16.3 Å². The first-order valence-corrected chi connectivity index (χ1v) is 9.70. The monoisotopic (exact) mass is 476 g/mol. The normalized spacial score (nSPS) is 11.3. The van der Waals surface area contributed by atoms with Crippen LogP contribution in [0.25, 0.3) is 11.0 Å². The van der Waals surface area contributed by atoms with Crippen LogP contribution in [-0.2, 0) is 6.18 Å². The molecule has 3 aromatic carbocycles. The Labute approximate surface area is 189 Å². The van der Waals surface area contributed by atoms with Gasteiger partial charge >= 0.3 is 12.2 Å². The average molecular weight is 477 g/mol. The van der Waals surface area contributed by atoms with Crippen molar-refractivity contribution in [3.05, 3.63) is 83.4 Å². The zero-order chi connectivity index (χ0) is 23.6. The van der Waals surface area contributed by atoms with Crippen LogP contribution in [0.5, 0.6) is 11.5 Å². The Morgan fingerprint density at radius 2 is 1.55 bits per heavy atom. The molecule has 4 rings (SSSR count). The third kappa shape index (κ3) is 5.29. The first-order valence-electron chi connectivity index (χ1n) is 9.32. The fraction of sp³-hybridized carbons (Fsp3) is 0.0455. The highest BCUT2D eigenvalue weighted by atomic mass is 35.5. The number of fused-ring (bicyclic) bond motifs is 1. The van der Waals surface area contributed by atoms with Crippen molar-refractivity contribution >= 4 is 40.0 Å². The van der Waals surface area contributed by atoms with Gasteiger partial charge in [-0.3, -0.25) is 9.97 Å². The van der Waals surface area contributed by atoms with E-state index in [9.17, 15) is 22.4 Å². The summed E-state index contributed by atoms with van der Waals surface area (Å²) in [5.41, 5.74) is 0.0603. The molecule has 0 spiro atoms. The second-order valence-electron chi connectivity index (χ2n) is 6.73. The van der Waals surface area contributed by atoms with Crippen molar-refractivity contribution in [2.75, 3.05) is 10.6 Å². The average Bonchev–Trinajstić information content (AvgIpc) is 2.76. The van der Waals surface area contributed by atoms with Crippen molar-refractivity contribution in [1.82, 2.24) is 9.97 Å². The van der Waals surface area contributed by atoms with Crippen molar-refractivity contribution in [3.8, 4) is 11.5 Å². The molecule has 1 aromatic heterocycles. The van der Waals surface area contributed by atoms with Crippen LogP contribution in [0.4, 0.5) is 33.7 Å². The van der Waals surface area contributed by atoms with E-state index in [1.165, 1.54) is 24.4 Å². The summed E-state index contributed by atoms with van der Waals surface area (Å²) < 4.78 is 58.9. The van der Waals surface area contributed by atoms with Gasteiger partial charge in [0.1, 0.15) is 5.75 Å². The molecule has 2 N–H and O–H groups in total. The Morgan fingerprint density at radius 3 is 2.24 bits per heavy atom. The molecule has 0 saturated carbocycles. The molecule has 0 unspecified atom stereocenters. The van der Waals surface area contributed by atoms with Crippen LogP contribution < -0.4 is 15.4 Å².